The van der Waals surface area contributed by atoms with Crippen LogP contribution in [0, 0.1) is 5.41 Å². The number of fused-ring (bicyclic) bond motifs is 1. The van der Waals surface area contributed by atoms with Crippen molar-refractivity contribution in [3.8, 4) is 55.6 Å². The van der Waals surface area contributed by atoms with Crippen LogP contribution in [0.4, 0.5) is 34.1 Å². The number of para-hydroxylation sites is 1. The predicted molar refractivity (Wildman–Crippen MR) is 303 cm³/mol. The molecule has 0 heterocycles. The van der Waals surface area contributed by atoms with Gasteiger partial charge in [0, 0.05) is 33.9 Å². The predicted octanol–water partition coefficient (Wildman–Crippen LogP) is 19.6. The first-order valence-electron chi connectivity index (χ1n) is 25.0. The molecule has 2 nitrogen and oxygen atoms in total. The van der Waals surface area contributed by atoms with Gasteiger partial charge in [0.1, 0.15) is 0 Å². The van der Waals surface area contributed by atoms with Crippen LogP contribution in [0.1, 0.15) is 52.7 Å². The van der Waals surface area contributed by atoms with Crippen molar-refractivity contribution in [2.24, 2.45) is 5.41 Å². The summed E-state index contributed by atoms with van der Waals surface area (Å²) in [5.74, 6) is 0. The van der Waals surface area contributed by atoms with Crippen molar-refractivity contribution >= 4 is 34.1 Å². The van der Waals surface area contributed by atoms with Crippen LogP contribution in [-0.4, -0.2) is 0 Å². The number of benzene rings is 10. The van der Waals surface area contributed by atoms with Gasteiger partial charge >= 0.3 is 0 Å². The maximum Gasteiger partial charge on any atom is 0.0543 e. The summed E-state index contributed by atoms with van der Waals surface area (Å²) in [6, 6.07) is 93.2. The Morgan fingerprint density at radius 2 is 0.620 bits per heavy atom. The zero-order valence-electron chi connectivity index (χ0n) is 41.6. The quantitative estimate of drug-likeness (QED) is 0.128. The summed E-state index contributed by atoms with van der Waals surface area (Å²) in [6.45, 7) is 14.7. The molecule has 0 saturated heterocycles. The van der Waals surface area contributed by atoms with E-state index in [1.165, 1.54) is 61.2 Å². The molecule has 11 rings (SSSR count). The van der Waals surface area contributed by atoms with Crippen molar-refractivity contribution in [1.82, 2.24) is 0 Å². The number of hydrogen-bond acceptors (Lipinski definition) is 2. The van der Waals surface area contributed by atoms with Crippen LogP contribution in [0.5, 0.6) is 0 Å². The highest BCUT2D eigenvalue weighted by molar-refractivity contribution is 5.96. The maximum absolute atomic E-state index is 2.55. The monoisotopic (exact) mass is 916 g/mol. The average molecular weight is 917 g/mol. The Hall–Kier alpha value is -8.20. The molecule has 71 heavy (non-hydrogen) atoms. The highest BCUT2D eigenvalue weighted by Gasteiger charge is 2.57. The third-order valence-electron chi connectivity index (χ3n) is 16.2. The largest absolute Gasteiger partial charge is 0.310 e. The summed E-state index contributed by atoms with van der Waals surface area (Å²) >= 11 is 0. The third kappa shape index (κ3) is 8.14. The first-order chi connectivity index (χ1) is 34.5. The van der Waals surface area contributed by atoms with Gasteiger partial charge in [0.15, 0.2) is 0 Å². The summed E-state index contributed by atoms with van der Waals surface area (Å²) < 4.78 is 0. The lowest BCUT2D eigenvalue weighted by atomic mass is 9.59. The molecule has 0 N–H and O–H groups in total. The van der Waals surface area contributed by atoms with Crippen LogP contribution in [-0.2, 0) is 10.8 Å². The van der Waals surface area contributed by atoms with Crippen LogP contribution in [0.25, 0.3) is 55.6 Å². The van der Waals surface area contributed by atoms with Crippen molar-refractivity contribution in [1.29, 1.82) is 0 Å². The fourth-order valence-corrected chi connectivity index (χ4v) is 11.0. The van der Waals surface area contributed by atoms with Crippen LogP contribution in [0.3, 0.4) is 0 Å². The van der Waals surface area contributed by atoms with E-state index in [-0.39, 0.29) is 16.2 Å². The van der Waals surface area contributed by atoms with E-state index in [1.54, 1.807) is 0 Å². The number of hydrogen-bond donors (Lipinski definition) is 0. The molecule has 0 atom stereocenters. The Kier molecular flexibility index (Phi) is 11.7. The van der Waals surface area contributed by atoms with Gasteiger partial charge in [0.25, 0.3) is 0 Å². The fraction of sp³-hybridized carbons (Fsp3) is 0.130. The van der Waals surface area contributed by atoms with E-state index in [1.807, 2.05) is 0 Å². The zero-order chi connectivity index (χ0) is 48.7. The minimum atomic E-state index is -0.133. The molecule has 0 spiro atoms. The molecule has 2 heteroatoms. The summed E-state index contributed by atoms with van der Waals surface area (Å²) in [4.78, 5) is 4.94. The second-order valence-corrected chi connectivity index (χ2v) is 20.6. The molecule has 0 saturated carbocycles. The second-order valence-electron chi connectivity index (χ2n) is 20.6. The van der Waals surface area contributed by atoms with E-state index in [2.05, 4.69) is 306 Å². The first-order valence-corrected chi connectivity index (χ1v) is 25.0. The lowest BCUT2D eigenvalue weighted by Crippen LogP contribution is -2.42. The molecular formula is C69H60N2. The molecular weight excluding hydrogens is 857 g/mol. The zero-order valence-corrected chi connectivity index (χ0v) is 41.6. The van der Waals surface area contributed by atoms with Gasteiger partial charge in [-0.2, -0.15) is 0 Å². The van der Waals surface area contributed by atoms with E-state index >= 15 is 0 Å². The van der Waals surface area contributed by atoms with Crippen LogP contribution in [0.15, 0.2) is 255 Å². The van der Waals surface area contributed by atoms with Crippen molar-refractivity contribution < 1.29 is 0 Å². The number of nitrogens with zero attached hydrogens (tertiary/aromatic N) is 2. The number of rotatable bonds is 11. The molecule has 10 aromatic rings. The Balaban J connectivity index is 1.15. The molecule has 0 aromatic heterocycles. The standard InChI is InChI=1S/C69H60N2/c1-67(2)63-47-62(56-32-22-33-59(46-56)70(57-41-37-52(38-42-57)49-23-11-7-12-24-49)58-43-39-53(40-44-58)50-25-13-8-14-26-50)66(48-64(63)68(3,4)69(67,5)6)71(60-34-21-31-55(45-60)51-27-15-9-16-28-51)65-36-20-19-35-61(65)54-29-17-10-18-30-54/h7-48H,1-6H3. The van der Waals surface area contributed by atoms with Crippen LogP contribution >= 0.6 is 0 Å². The molecule has 0 amide bonds. The first kappa shape index (κ1) is 45.3. The molecule has 0 radical (unpaired) electrons. The van der Waals surface area contributed by atoms with Gasteiger partial charge in [-0.1, -0.05) is 230 Å². The smallest absolute Gasteiger partial charge is 0.0543 e. The van der Waals surface area contributed by atoms with E-state index in [0.29, 0.717) is 0 Å². The molecule has 0 aliphatic heterocycles. The van der Waals surface area contributed by atoms with Crippen LogP contribution < -0.4 is 9.80 Å². The SMILES string of the molecule is CC1(C)c2cc(-c3cccc(N(c4ccc(-c5ccccc5)cc4)c4ccc(-c5ccccc5)cc4)c3)c(N(c3cccc(-c4ccccc4)c3)c3ccccc3-c3ccccc3)cc2C(C)(C)C1(C)C. The van der Waals surface area contributed by atoms with E-state index in [0.717, 1.165) is 39.7 Å². The van der Waals surface area contributed by atoms with E-state index < -0.39 is 0 Å². The molecule has 346 valence electrons. The summed E-state index contributed by atoms with van der Waals surface area (Å²) in [6.07, 6.45) is 0. The summed E-state index contributed by atoms with van der Waals surface area (Å²) in [7, 11) is 0. The van der Waals surface area contributed by atoms with Gasteiger partial charge in [0.05, 0.1) is 11.4 Å². The molecule has 0 unspecified atom stereocenters. The molecule has 0 fully saturated rings. The van der Waals surface area contributed by atoms with Crippen molar-refractivity contribution in [3.05, 3.63) is 266 Å². The Morgan fingerprint density at radius 3 is 1.14 bits per heavy atom. The van der Waals surface area contributed by atoms with Gasteiger partial charge in [-0.25, -0.2) is 0 Å². The van der Waals surface area contributed by atoms with E-state index in [4.69, 9.17) is 0 Å². The summed E-state index contributed by atoms with van der Waals surface area (Å²) in [5, 5.41) is 0. The topological polar surface area (TPSA) is 6.48 Å². The minimum absolute atomic E-state index is 0.0469. The molecule has 1 aliphatic carbocycles. The Labute approximate surface area is 421 Å². The number of anilines is 6. The lowest BCUT2D eigenvalue weighted by Gasteiger charge is -2.44. The second kappa shape index (κ2) is 18.3. The van der Waals surface area contributed by atoms with Gasteiger partial charge in [-0.3, -0.25) is 0 Å². The van der Waals surface area contributed by atoms with Gasteiger partial charge < -0.3 is 9.80 Å². The molecule has 1 aliphatic rings. The lowest BCUT2D eigenvalue weighted by molar-refractivity contribution is 0.125. The van der Waals surface area contributed by atoms with Crippen molar-refractivity contribution in [2.45, 2.75) is 52.4 Å². The van der Waals surface area contributed by atoms with Crippen LogP contribution in [0.2, 0.25) is 0 Å². The Bertz CT molecular complexity index is 3380. The van der Waals surface area contributed by atoms with Crippen molar-refractivity contribution in [2.75, 3.05) is 9.80 Å². The van der Waals surface area contributed by atoms with E-state index in [9.17, 15) is 0 Å². The minimum Gasteiger partial charge on any atom is -0.310 e. The average Bonchev–Trinajstić information content (AvgIpc) is 3.52. The summed E-state index contributed by atoms with van der Waals surface area (Å²) in [5.41, 5.74) is 20.9. The Morgan fingerprint density at radius 1 is 0.239 bits per heavy atom. The maximum atomic E-state index is 2.55. The normalized spacial score (nSPS) is 14.1. The molecule has 0 bridgehead atoms. The van der Waals surface area contributed by atoms with Gasteiger partial charge in [-0.15, -0.1) is 0 Å². The third-order valence-corrected chi connectivity index (χ3v) is 16.2. The van der Waals surface area contributed by atoms with Gasteiger partial charge in [-0.05, 0) is 139 Å². The fourth-order valence-electron chi connectivity index (χ4n) is 11.0. The molecule has 10 aromatic carbocycles. The highest BCUT2D eigenvalue weighted by atomic mass is 15.2. The van der Waals surface area contributed by atoms with Gasteiger partial charge in [0.2, 0.25) is 0 Å². The van der Waals surface area contributed by atoms with Crippen molar-refractivity contribution in [3.63, 3.8) is 0 Å². The highest BCUT2D eigenvalue weighted by Crippen LogP contribution is 2.63.